The topological polar surface area (TPSA) is 102 Å². The Labute approximate surface area is 138 Å². The lowest BCUT2D eigenvalue weighted by atomic mass is 10.0. The molecule has 126 valence electrons. The molecule has 1 aliphatic rings. The second-order valence-electron chi connectivity index (χ2n) is 5.50. The fourth-order valence-corrected chi connectivity index (χ4v) is 2.60. The number of nitrogens with zero attached hydrogens (tertiary/aromatic N) is 2. The van der Waals surface area contributed by atoms with E-state index in [0.29, 0.717) is 5.95 Å². The van der Waals surface area contributed by atoms with Crippen LogP contribution in [0, 0.1) is 5.82 Å². The van der Waals surface area contributed by atoms with Crippen LogP contribution in [0.3, 0.4) is 0 Å². The lowest BCUT2D eigenvalue weighted by Gasteiger charge is -2.13. The summed E-state index contributed by atoms with van der Waals surface area (Å²) in [5.41, 5.74) is 6.08. The molecule has 2 aromatic rings. The Balaban J connectivity index is 1.86. The minimum Gasteiger partial charge on any atom is -0.496 e. The summed E-state index contributed by atoms with van der Waals surface area (Å²) >= 11 is 0. The SMILES string of the molecule is COc1ccc(F)cc1C(=O)c1cnc(N[C@H]2CCNC2)nc1N. The summed E-state index contributed by atoms with van der Waals surface area (Å²) in [6.45, 7) is 1.76. The number of carbonyl (C=O) groups is 1. The largest absolute Gasteiger partial charge is 0.496 e. The second-order valence-corrected chi connectivity index (χ2v) is 5.50. The van der Waals surface area contributed by atoms with Gasteiger partial charge in [-0.15, -0.1) is 0 Å². The van der Waals surface area contributed by atoms with Gasteiger partial charge in [0.25, 0.3) is 0 Å². The lowest BCUT2D eigenvalue weighted by molar-refractivity contribution is 0.103. The molecular formula is C16H18FN5O2. The van der Waals surface area contributed by atoms with E-state index in [9.17, 15) is 9.18 Å². The molecule has 2 heterocycles. The molecule has 7 nitrogen and oxygen atoms in total. The summed E-state index contributed by atoms with van der Waals surface area (Å²) in [6.07, 6.45) is 2.31. The Morgan fingerprint density at radius 1 is 1.46 bits per heavy atom. The molecule has 24 heavy (non-hydrogen) atoms. The van der Waals surface area contributed by atoms with Gasteiger partial charge in [0.1, 0.15) is 17.4 Å². The summed E-state index contributed by atoms with van der Waals surface area (Å²) in [4.78, 5) is 20.9. The standard InChI is InChI=1S/C16H18FN5O2/c1-24-13-3-2-9(17)6-11(13)14(23)12-8-20-16(22-15(12)18)21-10-4-5-19-7-10/h2-3,6,8,10,19H,4-5,7H2,1H3,(H3,18,20,21,22)/t10-/m0/s1. The smallest absolute Gasteiger partial charge is 0.224 e. The van der Waals surface area contributed by atoms with Crippen molar-refractivity contribution in [2.45, 2.75) is 12.5 Å². The summed E-state index contributed by atoms with van der Waals surface area (Å²) < 4.78 is 18.6. The van der Waals surface area contributed by atoms with Crippen LogP contribution in [-0.4, -0.2) is 42.0 Å². The van der Waals surface area contributed by atoms with E-state index in [1.165, 1.54) is 25.4 Å². The van der Waals surface area contributed by atoms with Crippen molar-refractivity contribution in [2.24, 2.45) is 0 Å². The second kappa shape index (κ2) is 6.79. The number of carbonyl (C=O) groups excluding carboxylic acids is 1. The Bertz CT molecular complexity index is 762. The number of rotatable bonds is 5. The molecule has 0 amide bonds. The Hall–Kier alpha value is -2.74. The Morgan fingerprint density at radius 3 is 2.96 bits per heavy atom. The fraction of sp³-hybridized carbons (Fsp3) is 0.312. The highest BCUT2D eigenvalue weighted by molar-refractivity contribution is 6.13. The third-order valence-electron chi connectivity index (χ3n) is 3.86. The van der Waals surface area contributed by atoms with Gasteiger partial charge < -0.3 is 21.1 Å². The van der Waals surface area contributed by atoms with Crippen molar-refractivity contribution in [2.75, 3.05) is 31.2 Å². The number of ether oxygens (including phenoxy) is 1. The number of aromatic nitrogens is 2. The van der Waals surface area contributed by atoms with Gasteiger partial charge in [-0.2, -0.15) is 4.98 Å². The first-order valence-corrected chi connectivity index (χ1v) is 7.56. The number of hydrogen-bond donors (Lipinski definition) is 3. The highest BCUT2D eigenvalue weighted by Gasteiger charge is 2.21. The van der Waals surface area contributed by atoms with Crippen molar-refractivity contribution in [1.29, 1.82) is 0 Å². The van der Waals surface area contributed by atoms with Gasteiger partial charge in [-0.25, -0.2) is 9.37 Å². The van der Waals surface area contributed by atoms with Gasteiger partial charge >= 0.3 is 0 Å². The average Bonchev–Trinajstić information content (AvgIpc) is 3.07. The van der Waals surface area contributed by atoms with Gasteiger partial charge in [-0.05, 0) is 31.2 Å². The number of methoxy groups -OCH3 is 1. The highest BCUT2D eigenvalue weighted by atomic mass is 19.1. The van der Waals surface area contributed by atoms with Crippen LogP contribution in [0.1, 0.15) is 22.3 Å². The quantitative estimate of drug-likeness (QED) is 0.708. The summed E-state index contributed by atoms with van der Waals surface area (Å²) in [6, 6.07) is 3.95. The van der Waals surface area contributed by atoms with Crippen molar-refractivity contribution >= 4 is 17.5 Å². The van der Waals surface area contributed by atoms with Gasteiger partial charge in [0.15, 0.2) is 0 Å². The molecule has 0 bridgehead atoms. The fourth-order valence-electron chi connectivity index (χ4n) is 2.60. The number of halogens is 1. The van der Waals surface area contributed by atoms with E-state index in [1.54, 1.807) is 0 Å². The number of anilines is 2. The zero-order valence-corrected chi connectivity index (χ0v) is 13.2. The van der Waals surface area contributed by atoms with E-state index in [-0.39, 0.29) is 28.7 Å². The van der Waals surface area contributed by atoms with Gasteiger partial charge in [0, 0.05) is 18.8 Å². The van der Waals surface area contributed by atoms with E-state index in [4.69, 9.17) is 10.5 Å². The van der Waals surface area contributed by atoms with Gasteiger partial charge in [0.2, 0.25) is 11.7 Å². The van der Waals surface area contributed by atoms with Crippen molar-refractivity contribution in [3.63, 3.8) is 0 Å². The van der Waals surface area contributed by atoms with Gasteiger partial charge in [0.05, 0.1) is 18.2 Å². The van der Waals surface area contributed by atoms with Crippen LogP contribution in [0.15, 0.2) is 24.4 Å². The number of benzene rings is 1. The highest BCUT2D eigenvalue weighted by Crippen LogP contribution is 2.24. The number of ketones is 1. The monoisotopic (exact) mass is 331 g/mol. The maximum Gasteiger partial charge on any atom is 0.224 e. The number of hydrogen-bond acceptors (Lipinski definition) is 7. The van der Waals surface area contributed by atoms with Crippen molar-refractivity contribution in [1.82, 2.24) is 15.3 Å². The molecule has 0 saturated carbocycles. The molecular weight excluding hydrogens is 313 g/mol. The van der Waals surface area contributed by atoms with Gasteiger partial charge in [-0.3, -0.25) is 4.79 Å². The van der Waals surface area contributed by atoms with Crippen LogP contribution >= 0.6 is 0 Å². The van der Waals surface area contributed by atoms with Crippen molar-refractivity contribution < 1.29 is 13.9 Å². The van der Waals surface area contributed by atoms with E-state index in [1.807, 2.05) is 0 Å². The molecule has 4 N–H and O–H groups in total. The van der Waals surface area contributed by atoms with Crippen LogP contribution in [0.5, 0.6) is 5.75 Å². The first-order valence-electron chi connectivity index (χ1n) is 7.56. The Morgan fingerprint density at radius 2 is 2.29 bits per heavy atom. The molecule has 0 radical (unpaired) electrons. The molecule has 1 saturated heterocycles. The number of nitrogens with one attached hydrogen (secondary N) is 2. The first kappa shape index (κ1) is 16.1. The summed E-state index contributed by atoms with van der Waals surface area (Å²) in [5, 5.41) is 6.38. The first-order chi connectivity index (χ1) is 11.6. The van der Waals surface area contributed by atoms with E-state index < -0.39 is 11.6 Å². The molecule has 0 aliphatic carbocycles. The Kier molecular flexibility index (Phi) is 4.57. The van der Waals surface area contributed by atoms with Crippen LogP contribution in [-0.2, 0) is 0 Å². The minimum atomic E-state index is -0.536. The molecule has 1 fully saturated rings. The molecule has 0 spiro atoms. The van der Waals surface area contributed by atoms with E-state index in [0.717, 1.165) is 25.6 Å². The van der Waals surface area contributed by atoms with E-state index in [2.05, 4.69) is 20.6 Å². The maximum absolute atomic E-state index is 13.5. The predicted octanol–water partition coefficient (Wildman–Crippen LogP) is 1.21. The van der Waals surface area contributed by atoms with Gasteiger partial charge in [-0.1, -0.05) is 0 Å². The molecule has 1 aromatic carbocycles. The van der Waals surface area contributed by atoms with Crippen LogP contribution in [0.4, 0.5) is 16.2 Å². The molecule has 3 rings (SSSR count). The van der Waals surface area contributed by atoms with Crippen LogP contribution < -0.4 is 21.1 Å². The van der Waals surface area contributed by atoms with Crippen molar-refractivity contribution in [3.8, 4) is 5.75 Å². The van der Waals surface area contributed by atoms with Crippen molar-refractivity contribution in [3.05, 3.63) is 41.3 Å². The molecule has 8 heteroatoms. The average molecular weight is 331 g/mol. The number of nitrogens with two attached hydrogens (primary N) is 1. The molecule has 1 atom stereocenters. The lowest BCUT2D eigenvalue weighted by Crippen LogP contribution is -2.24. The van der Waals surface area contributed by atoms with Crippen LogP contribution in [0.2, 0.25) is 0 Å². The normalized spacial score (nSPS) is 16.8. The zero-order valence-electron chi connectivity index (χ0n) is 13.2. The third-order valence-corrected chi connectivity index (χ3v) is 3.86. The molecule has 1 aliphatic heterocycles. The van der Waals surface area contributed by atoms with E-state index >= 15 is 0 Å². The predicted molar refractivity (Wildman–Crippen MR) is 87.7 cm³/mol. The number of nitrogen functional groups attached to an aromatic ring is 1. The summed E-state index contributed by atoms with van der Waals surface area (Å²) in [5.74, 6) is -0.359. The summed E-state index contributed by atoms with van der Waals surface area (Å²) in [7, 11) is 1.41. The molecule has 1 aromatic heterocycles. The van der Waals surface area contributed by atoms with Crippen LogP contribution in [0.25, 0.3) is 0 Å². The third kappa shape index (κ3) is 3.28. The minimum absolute atomic E-state index is 0.0368. The molecule has 0 unspecified atom stereocenters. The zero-order chi connectivity index (χ0) is 17.1. The maximum atomic E-state index is 13.5.